The molecule has 3 nitrogen and oxygen atoms in total. The van der Waals surface area contributed by atoms with Crippen molar-refractivity contribution >= 4 is 0 Å². The van der Waals surface area contributed by atoms with Gasteiger partial charge in [0.2, 0.25) is 0 Å². The van der Waals surface area contributed by atoms with Gasteiger partial charge in [0, 0.05) is 23.7 Å². The molecule has 0 bridgehead atoms. The number of rotatable bonds is 6. The summed E-state index contributed by atoms with van der Waals surface area (Å²) in [6.07, 6.45) is 0.825. The molecule has 0 spiro atoms. The fourth-order valence-corrected chi connectivity index (χ4v) is 2.36. The third kappa shape index (κ3) is 3.80. The van der Waals surface area contributed by atoms with Gasteiger partial charge in [-0.25, -0.2) is 4.39 Å². The number of halogens is 1. The molecule has 3 N–H and O–H groups in total. The van der Waals surface area contributed by atoms with Crippen molar-refractivity contribution in [2.24, 2.45) is 0 Å². The minimum Gasteiger partial charge on any atom is -0.508 e. The predicted molar refractivity (Wildman–Crippen MR) is 80.3 cm³/mol. The van der Waals surface area contributed by atoms with Crippen molar-refractivity contribution in [1.82, 2.24) is 5.32 Å². The fraction of sp³-hybridized carbons (Fsp3) is 0.294. The molecule has 0 aliphatic carbocycles. The lowest BCUT2D eigenvalue weighted by Gasteiger charge is -2.19. The number of para-hydroxylation sites is 1. The molecule has 0 radical (unpaired) electrons. The van der Waals surface area contributed by atoms with Crippen LogP contribution in [0.4, 0.5) is 4.39 Å². The Morgan fingerprint density at radius 3 is 2.62 bits per heavy atom. The number of benzene rings is 2. The van der Waals surface area contributed by atoms with Gasteiger partial charge in [-0.15, -0.1) is 0 Å². The van der Waals surface area contributed by atoms with E-state index in [1.807, 2.05) is 19.1 Å². The quantitative estimate of drug-likeness (QED) is 0.765. The molecular formula is C17H20FNO2. The van der Waals surface area contributed by atoms with Crippen molar-refractivity contribution in [1.29, 1.82) is 0 Å². The summed E-state index contributed by atoms with van der Waals surface area (Å²) in [6, 6.07) is 12.0. The summed E-state index contributed by atoms with van der Waals surface area (Å²) in [5, 5.41) is 22.3. The molecule has 0 amide bonds. The molecule has 0 aliphatic heterocycles. The molecule has 0 heterocycles. The van der Waals surface area contributed by atoms with Gasteiger partial charge >= 0.3 is 0 Å². The van der Waals surface area contributed by atoms with Gasteiger partial charge < -0.3 is 15.5 Å². The first kappa shape index (κ1) is 15.5. The SMILES string of the molecule is CC[C@@H](NCc1ccc(F)c(CO)c1)c1ccccc1O. The van der Waals surface area contributed by atoms with Crippen molar-refractivity contribution in [3.05, 3.63) is 65.0 Å². The highest BCUT2D eigenvalue weighted by molar-refractivity contribution is 5.34. The summed E-state index contributed by atoms with van der Waals surface area (Å²) in [4.78, 5) is 0. The molecule has 2 rings (SSSR count). The molecular weight excluding hydrogens is 269 g/mol. The number of phenolic OH excluding ortho intramolecular Hbond substituents is 1. The summed E-state index contributed by atoms with van der Waals surface area (Å²) in [7, 11) is 0. The molecule has 2 aromatic carbocycles. The number of aromatic hydroxyl groups is 1. The highest BCUT2D eigenvalue weighted by atomic mass is 19.1. The van der Waals surface area contributed by atoms with Gasteiger partial charge in [0.25, 0.3) is 0 Å². The zero-order valence-corrected chi connectivity index (χ0v) is 12.0. The van der Waals surface area contributed by atoms with E-state index in [9.17, 15) is 9.50 Å². The van der Waals surface area contributed by atoms with E-state index < -0.39 is 5.82 Å². The normalized spacial score (nSPS) is 12.3. The topological polar surface area (TPSA) is 52.5 Å². The van der Waals surface area contributed by atoms with Gasteiger partial charge in [-0.1, -0.05) is 31.2 Å². The predicted octanol–water partition coefficient (Wildman–Crippen LogP) is 3.26. The maximum absolute atomic E-state index is 13.3. The molecule has 0 saturated heterocycles. The minimum absolute atomic E-state index is 0.0221. The smallest absolute Gasteiger partial charge is 0.128 e. The van der Waals surface area contributed by atoms with Gasteiger partial charge in [-0.3, -0.25) is 0 Å². The summed E-state index contributed by atoms with van der Waals surface area (Å²) < 4.78 is 13.3. The lowest BCUT2D eigenvalue weighted by molar-refractivity contribution is 0.275. The van der Waals surface area contributed by atoms with Crippen molar-refractivity contribution in [3.8, 4) is 5.75 Å². The molecule has 0 aromatic heterocycles. The molecule has 1 atom stereocenters. The van der Waals surface area contributed by atoms with E-state index in [0.717, 1.165) is 17.5 Å². The number of aliphatic hydroxyl groups excluding tert-OH is 1. The Kier molecular flexibility index (Phi) is 5.31. The Morgan fingerprint density at radius 1 is 1.19 bits per heavy atom. The van der Waals surface area contributed by atoms with E-state index in [-0.39, 0.29) is 18.4 Å². The maximum atomic E-state index is 13.3. The Balaban J connectivity index is 2.09. The van der Waals surface area contributed by atoms with Gasteiger partial charge in [-0.05, 0) is 30.2 Å². The third-order valence-electron chi connectivity index (χ3n) is 3.55. The number of nitrogens with one attached hydrogen (secondary N) is 1. The van der Waals surface area contributed by atoms with Crippen molar-refractivity contribution in [3.63, 3.8) is 0 Å². The lowest BCUT2D eigenvalue weighted by Crippen LogP contribution is -2.20. The van der Waals surface area contributed by atoms with E-state index in [1.165, 1.54) is 6.07 Å². The number of hydrogen-bond acceptors (Lipinski definition) is 3. The van der Waals surface area contributed by atoms with Gasteiger partial charge in [0.1, 0.15) is 11.6 Å². The average molecular weight is 289 g/mol. The molecule has 0 unspecified atom stereocenters. The van der Waals surface area contributed by atoms with E-state index in [4.69, 9.17) is 5.11 Å². The van der Waals surface area contributed by atoms with E-state index in [0.29, 0.717) is 12.1 Å². The molecule has 2 aromatic rings. The van der Waals surface area contributed by atoms with Crippen LogP contribution in [0.2, 0.25) is 0 Å². The van der Waals surface area contributed by atoms with E-state index in [1.54, 1.807) is 24.3 Å². The standard InChI is InChI=1S/C17H20FNO2/c1-2-16(14-5-3-4-6-17(14)21)19-10-12-7-8-15(18)13(9-12)11-20/h3-9,16,19-21H,2,10-11H2,1H3/t16-/m1/s1. The first-order valence-corrected chi connectivity index (χ1v) is 7.05. The van der Waals surface area contributed by atoms with E-state index in [2.05, 4.69) is 5.32 Å². The molecule has 0 aliphatic rings. The summed E-state index contributed by atoms with van der Waals surface area (Å²) >= 11 is 0. The molecule has 0 fully saturated rings. The lowest BCUT2D eigenvalue weighted by atomic mass is 10.0. The van der Waals surface area contributed by atoms with Crippen LogP contribution in [0.15, 0.2) is 42.5 Å². The first-order valence-electron chi connectivity index (χ1n) is 7.05. The number of hydrogen-bond donors (Lipinski definition) is 3. The Hall–Kier alpha value is -1.91. The van der Waals surface area contributed by atoms with Gasteiger partial charge in [0.15, 0.2) is 0 Å². The average Bonchev–Trinajstić information content (AvgIpc) is 2.51. The highest BCUT2D eigenvalue weighted by Gasteiger charge is 2.12. The van der Waals surface area contributed by atoms with Crippen LogP contribution in [0.1, 0.15) is 36.1 Å². The largest absolute Gasteiger partial charge is 0.508 e. The third-order valence-corrected chi connectivity index (χ3v) is 3.55. The first-order chi connectivity index (χ1) is 10.2. The second-order valence-corrected chi connectivity index (χ2v) is 4.98. The number of phenols is 1. The van der Waals surface area contributed by atoms with Crippen molar-refractivity contribution < 1.29 is 14.6 Å². The summed E-state index contributed by atoms with van der Waals surface area (Å²) in [5.41, 5.74) is 2.05. The van der Waals surface area contributed by atoms with E-state index >= 15 is 0 Å². The Bertz CT molecular complexity index is 601. The Morgan fingerprint density at radius 2 is 1.95 bits per heavy atom. The van der Waals surface area contributed by atoms with Crippen molar-refractivity contribution in [2.45, 2.75) is 32.5 Å². The maximum Gasteiger partial charge on any atom is 0.128 e. The van der Waals surface area contributed by atoms with Crippen LogP contribution < -0.4 is 5.32 Å². The molecule has 21 heavy (non-hydrogen) atoms. The second kappa shape index (κ2) is 7.20. The minimum atomic E-state index is -0.394. The zero-order chi connectivity index (χ0) is 15.2. The monoisotopic (exact) mass is 289 g/mol. The van der Waals surface area contributed by atoms with Crippen LogP contribution in [0.5, 0.6) is 5.75 Å². The second-order valence-electron chi connectivity index (χ2n) is 4.98. The van der Waals surface area contributed by atoms with Crippen LogP contribution in [0, 0.1) is 5.82 Å². The van der Waals surface area contributed by atoms with Crippen LogP contribution in [-0.2, 0) is 13.2 Å². The van der Waals surface area contributed by atoms with Gasteiger partial charge in [-0.2, -0.15) is 0 Å². The van der Waals surface area contributed by atoms with Crippen molar-refractivity contribution in [2.75, 3.05) is 0 Å². The van der Waals surface area contributed by atoms with Crippen LogP contribution in [0.25, 0.3) is 0 Å². The summed E-state index contributed by atoms with van der Waals surface area (Å²) in [6.45, 7) is 2.27. The Labute approximate surface area is 124 Å². The van der Waals surface area contributed by atoms with Crippen LogP contribution in [0.3, 0.4) is 0 Å². The fourth-order valence-electron chi connectivity index (χ4n) is 2.36. The molecule has 4 heteroatoms. The molecule has 0 saturated carbocycles. The highest BCUT2D eigenvalue weighted by Crippen LogP contribution is 2.26. The zero-order valence-electron chi connectivity index (χ0n) is 12.0. The van der Waals surface area contributed by atoms with Crippen LogP contribution >= 0.6 is 0 Å². The molecule has 112 valence electrons. The van der Waals surface area contributed by atoms with Crippen LogP contribution in [-0.4, -0.2) is 10.2 Å². The summed E-state index contributed by atoms with van der Waals surface area (Å²) in [5.74, 6) is -0.124. The van der Waals surface area contributed by atoms with Gasteiger partial charge in [0.05, 0.1) is 6.61 Å². The number of aliphatic hydroxyl groups is 1.